The second-order valence-corrected chi connectivity index (χ2v) is 7.89. The number of sulfonamides is 1. The molecule has 0 unspecified atom stereocenters. The molecule has 0 radical (unpaired) electrons. The Hall–Kier alpha value is -1.93. The second-order valence-electron chi connectivity index (χ2n) is 5.95. The first-order valence-electron chi connectivity index (χ1n) is 8.49. The van der Waals surface area contributed by atoms with Crippen LogP contribution in [0.15, 0.2) is 29.2 Å². The van der Waals surface area contributed by atoms with Gasteiger partial charge in [-0.1, -0.05) is 19.4 Å². The lowest BCUT2D eigenvalue weighted by Gasteiger charge is -2.16. The zero-order valence-electron chi connectivity index (χ0n) is 14.4. The van der Waals surface area contributed by atoms with E-state index in [-0.39, 0.29) is 17.9 Å². The van der Waals surface area contributed by atoms with E-state index in [1.165, 1.54) is 16.4 Å². The molecule has 1 saturated heterocycles. The Morgan fingerprint density at radius 2 is 1.96 bits per heavy atom. The third-order valence-electron chi connectivity index (χ3n) is 3.92. The number of esters is 1. The van der Waals surface area contributed by atoms with E-state index < -0.39 is 21.9 Å². The normalized spacial score (nSPS) is 15.1. The van der Waals surface area contributed by atoms with Crippen LogP contribution in [0.25, 0.3) is 0 Å². The van der Waals surface area contributed by atoms with Gasteiger partial charge in [-0.25, -0.2) is 8.42 Å². The molecule has 0 atom stereocenters. The quantitative estimate of drug-likeness (QED) is 0.710. The SMILES string of the molecule is CCCCC(=O)OCC(=O)Nc1cccc(S(=O)(=O)N2CCCC2)c1. The molecule has 8 heteroatoms. The predicted molar refractivity (Wildman–Crippen MR) is 93.5 cm³/mol. The molecule has 1 aromatic rings. The van der Waals surface area contributed by atoms with Crippen LogP contribution in [0, 0.1) is 0 Å². The molecule has 0 aromatic heterocycles. The molecule has 7 nitrogen and oxygen atoms in total. The van der Waals surface area contributed by atoms with Crippen LogP contribution in [-0.2, 0) is 24.3 Å². The zero-order valence-corrected chi connectivity index (χ0v) is 15.2. The molecule has 1 heterocycles. The molecule has 1 aliphatic rings. The Morgan fingerprint density at radius 3 is 2.64 bits per heavy atom. The van der Waals surface area contributed by atoms with E-state index in [2.05, 4.69) is 5.32 Å². The number of benzene rings is 1. The second kappa shape index (κ2) is 8.96. The van der Waals surface area contributed by atoms with E-state index in [0.717, 1.165) is 25.7 Å². The van der Waals surface area contributed by atoms with Gasteiger partial charge in [0.05, 0.1) is 4.90 Å². The van der Waals surface area contributed by atoms with Gasteiger partial charge in [0.2, 0.25) is 10.0 Å². The summed E-state index contributed by atoms with van der Waals surface area (Å²) >= 11 is 0. The number of amides is 1. The van der Waals surface area contributed by atoms with Crippen molar-refractivity contribution in [3.8, 4) is 0 Å². The Balaban J connectivity index is 1.94. The first kappa shape index (κ1) is 19.4. The summed E-state index contributed by atoms with van der Waals surface area (Å²) < 4.78 is 31.4. The summed E-state index contributed by atoms with van der Waals surface area (Å²) in [5.74, 6) is -0.914. The van der Waals surface area contributed by atoms with Crippen molar-refractivity contribution in [2.45, 2.75) is 43.9 Å². The van der Waals surface area contributed by atoms with Crippen molar-refractivity contribution in [1.82, 2.24) is 4.31 Å². The zero-order chi connectivity index (χ0) is 18.3. The van der Waals surface area contributed by atoms with Gasteiger partial charge in [0.1, 0.15) is 0 Å². The first-order valence-corrected chi connectivity index (χ1v) is 9.93. The van der Waals surface area contributed by atoms with Gasteiger partial charge in [0.15, 0.2) is 6.61 Å². The smallest absolute Gasteiger partial charge is 0.306 e. The number of anilines is 1. The van der Waals surface area contributed by atoms with Crippen molar-refractivity contribution in [2.75, 3.05) is 25.0 Å². The average Bonchev–Trinajstić information content (AvgIpc) is 3.14. The number of carbonyl (C=O) groups excluding carboxylic acids is 2. The number of hydrogen-bond acceptors (Lipinski definition) is 5. The van der Waals surface area contributed by atoms with Crippen LogP contribution in [-0.4, -0.2) is 44.3 Å². The summed E-state index contributed by atoms with van der Waals surface area (Å²) in [5.41, 5.74) is 0.356. The van der Waals surface area contributed by atoms with Crippen molar-refractivity contribution < 1.29 is 22.7 Å². The molecular weight excluding hydrogens is 344 g/mol. The van der Waals surface area contributed by atoms with Gasteiger partial charge in [-0.05, 0) is 37.5 Å². The van der Waals surface area contributed by atoms with Crippen LogP contribution in [0.2, 0.25) is 0 Å². The highest BCUT2D eigenvalue weighted by atomic mass is 32.2. The number of hydrogen-bond donors (Lipinski definition) is 1. The lowest BCUT2D eigenvalue weighted by Crippen LogP contribution is -2.28. The van der Waals surface area contributed by atoms with Crippen LogP contribution in [0.5, 0.6) is 0 Å². The van der Waals surface area contributed by atoms with Crippen LogP contribution in [0.4, 0.5) is 5.69 Å². The van der Waals surface area contributed by atoms with Gasteiger partial charge >= 0.3 is 5.97 Å². The van der Waals surface area contributed by atoms with Crippen molar-refractivity contribution in [1.29, 1.82) is 0 Å². The highest BCUT2D eigenvalue weighted by Gasteiger charge is 2.27. The van der Waals surface area contributed by atoms with E-state index in [4.69, 9.17) is 4.74 Å². The minimum Gasteiger partial charge on any atom is -0.456 e. The Bertz CT molecular complexity index is 712. The Morgan fingerprint density at radius 1 is 1.24 bits per heavy atom. The molecule has 1 aliphatic heterocycles. The molecule has 0 bridgehead atoms. The molecule has 2 rings (SSSR count). The summed E-state index contributed by atoms with van der Waals surface area (Å²) in [6, 6.07) is 6.10. The van der Waals surface area contributed by atoms with Gasteiger partial charge in [-0.2, -0.15) is 4.31 Å². The van der Waals surface area contributed by atoms with Crippen molar-refractivity contribution in [2.24, 2.45) is 0 Å². The molecule has 1 aromatic carbocycles. The molecule has 138 valence electrons. The Kier molecular flexibility index (Phi) is 6.95. The maximum atomic E-state index is 12.5. The predicted octanol–water partition coefficient (Wildman–Crippen LogP) is 2.14. The summed E-state index contributed by atoms with van der Waals surface area (Å²) in [7, 11) is -3.54. The third-order valence-corrected chi connectivity index (χ3v) is 5.81. The minimum absolute atomic E-state index is 0.146. The van der Waals surface area contributed by atoms with E-state index in [1.54, 1.807) is 12.1 Å². The largest absolute Gasteiger partial charge is 0.456 e. The van der Waals surface area contributed by atoms with Gasteiger partial charge in [-0.15, -0.1) is 0 Å². The number of nitrogens with one attached hydrogen (secondary N) is 1. The molecule has 1 amide bonds. The summed E-state index contributed by atoms with van der Waals surface area (Å²) in [4.78, 5) is 23.4. The molecule has 25 heavy (non-hydrogen) atoms. The fraction of sp³-hybridized carbons (Fsp3) is 0.529. The van der Waals surface area contributed by atoms with Gasteiger partial charge < -0.3 is 10.1 Å². The molecular formula is C17H24N2O5S. The lowest BCUT2D eigenvalue weighted by molar-refractivity contribution is -0.147. The molecule has 1 fully saturated rings. The standard InChI is InChI=1S/C17H24N2O5S/c1-2-3-9-17(21)24-13-16(20)18-14-7-6-8-15(12-14)25(22,23)19-10-4-5-11-19/h6-8,12H,2-5,9-11,13H2,1H3,(H,18,20). The summed E-state index contributed by atoms with van der Waals surface area (Å²) in [6.45, 7) is 2.62. The maximum absolute atomic E-state index is 12.5. The van der Waals surface area contributed by atoms with E-state index in [0.29, 0.717) is 18.8 Å². The van der Waals surface area contributed by atoms with Crippen LogP contribution >= 0.6 is 0 Å². The molecule has 0 aliphatic carbocycles. The fourth-order valence-corrected chi connectivity index (χ4v) is 4.11. The Labute approximate surface area is 148 Å². The number of nitrogens with zero attached hydrogens (tertiary/aromatic N) is 1. The number of carbonyl (C=O) groups is 2. The van der Waals surface area contributed by atoms with Crippen LogP contribution in [0.1, 0.15) is 39.0 Å². The van der Waals surface area contributed by atoms with Gasteiger partial charge in [0.25, 0.3) is 5.91 Å². The lowest BCUT2D eigenvalue weighted by atomic mass is 10.2. The maximum Gasteiger partial charge on any atom is 0.306 e. The average molecular weight is 368 g/mol. The molecule has 0 spiro atoms. The summed E-state index contributed by atoms with van der Waals surface area (Å²) in [6.07, 6.45) is 3.60. The highest BCUT2D eigenvalue weighted by Crippen LogP contribution is 2.23. The van der Waals surface area contributed by atoms with E-state index in [1.807, 2.05) is 6.92 Å². The number of ether oxygens (including phenoxy) is 1. The monoisotopic (exact) mass is 368 g/mol. The van der Waals surface area contributed by atoms with Crippen molar-refractivity contribution in [3.63, 3.8) is 0 Å². The topological polar surface area (TPSA) is 92.8 Å². The first-order chi connectivity index (χ1) is 11.9. The third kappa shape index (κ3) is 5.54. The van der Waals surface area contributed by atoms with Gasteiger partial charge in [0, 0.05) is 25.2 Å². The van der Waals surface area contributed by atoms with E-state index in [9.17, 15) is 18.0 Å². The van der Waals surface area contributed by atoms with Crippen molar-refractivity contribution in [3.05, 3.63) is 24.3 Å². The molecule has 0 saturated carbocycles. The van der Waals surface area contributed by atoms with E-state index >= 15 is 0 Å². The summed E-state index contributed by atoms with van der Waals surface area (Å²) in [5, 5.41) is 2.56. The van der Waals surface area contributed by atoms with Crippen LogP contribution in [0.3, 0.4) is 0 Å². The number of rotatable bonds is 8. The van der Waals surface area contributed by atoms with Crippen LogP contribution < -0.4 is 5.32 Å². The highest BCUT2D eigenvalue weighted by molar-refractivity contribution is 7.89. The minimum atomic E-state index is -3.54. The number of unbranched alkanes of at least 4 members (excludes halogenated alkanes) is 1. The molecule has 1 N–H and O–H groups in total. The van der Waals surface area contributed by atoms with Crippen molar-refractivity contribution >= 4 is 27.6 Å². The fourth-order valence-electron chi connectivity index (χ4n) is 2.55. The van der Waals surface area contributed by atoms with Gasteiger partial charge in [-0.3, -0.25) is 9.59 Å².